The van der Waals surface area contributed by atoms with Gasteiger partial charge < -0.3 is 9.72 Å². The first-order chi connectivity index (χ1) is 12.6. The zero-order valence-corrected chi connectivity index (χ0v) is 15.5. The Morgan fingerprint density at radius 2 is 2.23 bits per heavy atom. The number of methoxy groups -OCH3 is 1. The van der Waals surface area contributed by atoms with Crippen molar-refractivity contribution in [1.29, 1.82) is 0 Å². The van der Waals surface area contributed by atoms with E-state index < -0.39 is 5.97 Å². The quantitative estimate of drug-likeness (QED) is 0.424. The minimum Gasteiger partial charge on any atom is -0.465 e. The van der Waals surface area contributed by atoms with E-state index in [0.29, 0.717) is 37.4 Å². The fourth-order valence-corrected chi connectivity index (χ4v) is 4.51. The SMILES string of the molecule is COC(=O)c1sc2nc(CSc3nnc4ccccn34)[nH]c(=O)c2c1C. The summed E-state index contributed by atoms with van der Waals surface area (Å²) in [5.41, 5.74) is 1.08. The fourth-order valence-electron chi connectivity index (χ4n) is 2.60. The van der Waals surface area contributed by atoms with Gasteiger partial charge in [-0.15, -0.1) is 21.5 Å². The second kappa shape index (κ2) is 6.54. The zero-order valence-electron chi connectivity index (χ0n) is 13.8. The molecule has 0 saturated heterocycles. The highest BCUT2D eigenvalue weighted by atomic mass is 32.2. The largest absolute Gasteiger partial charge is 0.465 e. The summed E-state index contributed by atoms with van der Waals surface area (Å²) in [6, 6.07) is 5.66. The number of esters is 1. The van der Waals surface area contributed by atoms with Crippen molar-refractivity contribution >= 4 is 44.9 Å². The van der Waals surface area contributed by atoms with E-state index in [0.717, 1.165) is 17.0 Å². The molecule has 10 heteroatoms. The van der Waals surface area contributed by atoms with Gasteiger partial charge in [-0.2, -0.15) is 0 Å². The van der Waals surface area contributed by atoms with Crippen LogP contribution in [0.3, 0.4) is 0 Å². The van der Waals surface area contributed by atoms with Gasteiger partial charge in [0.2, 0.25) is 0 Å². The van der Waals surface area contributed by atoms with Gasteiger partial charge in [0.15, 0.2) is 10.8 Å². The van der Waals surface area contributed by atoms with Gasteiger partial charge >= 0.3 is 5.97 Å². The molecule has 0 fully saturated rings. The number of thiophene rings is 1. The molecule has 0 radical (unpaired) electrons. The van der Waals surface area contributed by atoms with Crippen molar-refractivity contribution in [1.82, 2.24) is 24.6 Å². The summed E-state index contributed by atoms with van der Waals surface area (Å²) in [7, 11) is 1.31. The molecule has 8 nitrogen and oxygen atoms in total. The number of carbonyl (C=O) groups is 1. The Kier molecular flexibility index (Phi) is 4.21. The van der Waals surface area contributed by atoms with E-state index in [1.807, 2.05) is 28.8 Å². The summed E-state index contributed by atoms with van der Waals surface area (Å²) in [5.74, 6) is 0.472. The number of rotatable bonds is 4. The highest BCUT2D eigenvalue weighted by molar-refractivity contribution is 7.98. The first kappa shape index (κ1) is 16.7. The molecule has 0 aromatic carbocycles. The smallest absolute Gasteiger partial charge is 0.348 e. The highest BCUT2D eigenvalue weighted by Crippen LogP contribution is 2.28. The molecule has 26 heavy (non-hydrogen) atoms. The van der Waals surface area contributed by atoms with Crippen molar-refractivity contribution in [3.05, 3.63) is 51.0 Å². The molecular weight excluding hydrogens is 374 g/mol. The number of carbonyl (C=O) groups excluding carboxylic acids is 1. The molecule has 0 aliphatic carbocycles. The molecule has 0 aliphatic heterocycles. The average molecular weight is 387 g/mol. The Morgan fingerprint density at radius 3 is 3.04 bits per heavy atom. The van der Waals surface area contributed by atoms with Gasteiger partial charge in [-0.3, -0.25) is 9.20 Å². The average Bonchev–Trinajstić information content (AvgIpc) is 3.21. The molecular formula is C16H13N5O3S2. The first-order valence-electron chi connectivity index (χ1n) is 7.61. The van der Waals surface area contributed by atoms with Crippen molar-refractivity contribution in [2.24, 2.45) is 0 Å². The zero-order chi connectivity index (χ0) is 18.3. The number of nitrogens with zero attached hydrogens (tertiary/aromatic N) is 4. The van der Waals surface area contributed by atoms with Gasteiger partial charge in [0.25, 0.3) is 5.56 Å². The minimum absolute atomic E-state index is 0.263. The molecule has 132 valence electrons. The number of hydrogen-bond acceptors (Lipinski definition) is 8. The van der Waals surface area contributed by atoms with Gasteiger partial charge in [-0.05, 0) is 24.6 Å². The number of thioether (sulfide) groups is 1. The van der Waals surface area contributed by atoms with E-state index >= 15 is 0 Å². The van der Waals surface area contributed by atoms with E-state index in [4.69, 9.17) is 4.74 Å². The van der Waals surface area contributed by atoms with E-state index in [-0.39, 0.29) is 5.56 Å². The Bertz CT molecular complexity index is 1190. The maximum atomic E-state index is 12.4. The van der Waals surface area contributed by atoms with Crippen LogP contribution in [0, 0.1) is 6.92 Å². The van der Waals surface area contributed by atoms with Gasteiger partial charge in [0.1, 0.15) is 15.5 Å². The molecule has 0 saturated carbocycles. The third-order valence-electron chi connectivity index (χ3n) is 3.84. The number of pyridine rings is 1. The number of hydrogen-bond donors (Lipinski definition) is 1. The van der Waals surface area contributed by atoms with Crippen molar-refractivity contribution in [2.45, 2.75) is 17.8 Å². The lowest BCUT2D eigenvalue weighted by Crippen LogP contribution is -2.11. The van der Waals surface area contributed by atoms with Crippen LogP contribution in [0.15, 0.2) is 34.3 Å². The Labute approximate surface area is 155 Å². The van der Waals surface area contributed by atoms with Crippen molar-refractivity contribution in [3.8, 4) is 0 Å². The number of aryl methyl sites for hydroxylation is 1. The summed E-state index contributed by atoms with van der Waals surface area (Å²) >= 11 is 2.58. The molecule has 0 aliphatic rings. The molecule has 4 rings (SSSR count). The Hall–Kier alpha value is -2.72. The van der Waals surface area contributed by atoms with Crippen LogP contribution in [0.2, 0.25) is 0 Å². The van der Waals surface area contributed by atoms with Gasteiger partial charge in [0, 0.05) is 6.20 Å². The van der Waals surface area contributed by atoms with E-state index in [2.05, 4.69) is 20.2 Å². The van der Waals surface area contributed by atoms with E-state index in [9.17, 15) is 9.59 Å². The predicted octanol–water partition coefficient (Wildman–Crippen LogP) is 2.41. The van der Waals surface area contributed by atoms with Crippen LogP contribution in [0.25, 0.3) is 15.9 Å². The second-order valence-electron chi connectivity index (χ2n) is 5.44. The third kappa shape index (κ3) is 2.76. The number of H-pyrrole nitrogens is 1. The second-order valence-corrected chi connectivity index (χ2v) is 7.38. The number of aromatic nitrogens is 5. The van der Waals surface area contributed by atoms with Gasteiger partial charge in [-0.25, -0.2) is 9.78 Å². The lowest BCUT2D eigenvalue weighted by molar-refractivity contribution is 0.0605. The number of fused-ring (bicyclic) bond motifs is 2. The monoisotopic (exact) mass is 387 g/mol. The summed E-state index contributed by atoms with van der Waals surface area (Å²) in [5, 5.41) is 9.37. The first-order valence-corrected chi connectivity index (χ1v) is 9.42. The van der Waals surface area contributed by atoms with Crippen LogP contribution in [-0.4, -0.2) is 37.6 Å². The fraction of sp³-hybridized carbons (Fsp3) is 0.188. The summed E-state index contributed by atoms with van der Waals surface area (Å²) < 4.78 is 6.63. The molecule has 4 heterocycles. The third-order valence-corrected chi connectivity index (χ3v) is 5.96. The lowest BCUT2D eigenvalue weighted by Gasteiger charge is -2.01. The molecule has 0 amide bonds. The number of aromatic amines is 1. The molecule has 4 aromatic heterocycles. The van der Waals surface area contributed by atoms with Crippen LogP contribution in [0.4, 0.5) is 0 Å². The molecule has 1 N–H and O–H groups in total. The van der Waals surface area contributed by atoms with E-state index in [1.54, 1.807) is 6.92 Å². The molecule has 4 aromatic rings. The van der Waals surface area contributed by atoms with Crippen LogP contribution in [0.1, 0.15) is 21.1 Å². The lowest BCUT2D eigenvalue weighted by atomic mass is 10.2. The van der Waals surface area contributed by atoms with Crippen LogP contribution in [0.5, 0.6) is 0 Å². The maximum Gasteiger partial charge on any atom is 0.348 e. The standard InChI is InChI=1S/C16H13N5O3S2/c1-8-11-13(22)17-9(18-14(11)26-12(8)15(23)24-2)7-25-16-20-19-10-5-3-4-6-21(10)16/h3-6H,7H2,1-2H3,(H,17,18,22). The normalized spacial score (nSPS) is 11.3. The molecule has 0 atom stereocenters. The summed E-state index contributed by atoms with van der Waals surface area (Å²) in [6.07, 6.45) is 1.88. The van der Waals surface area contributed by atoms with Gasteiger partial charge in [-0.1, -0.05) is 17.8 Å². The topological polar surface area (TPSA) is 102 Å². The number of nitrogens with one attached hydrogen (secondary N) is 1. The van der Waals surface area contributed by atoms with Crippen molar-refractivity contribution < 1.29 is 9.53 Å². The molecule has 0 spiro atoms. The van der Waals surface area contributed by atoms with Crippen LogP contribution >= 0.6 is 23.1 Å². The van der Waals surface area contributed by atoms with Crippen LogP contribution < -0.4 is 5.56 Å². The van der Waals surface area contributed by atoms with Gasteiger partial charge in [0.05, 0.1) is 18.2 Å². The van der Waals surface area contributed by atoms with E-state index in [1.165, 1.54) is 18.9 Å². The highest BCUT2D eigenvalue weighted by Gasteiger charge is 2.19. The van der Waals surface area contributed by atoms with Crippen LogP contribution in [-0.2, 0) is 10.5 Å². The summed E-state index contributed by atoms with van der Waals surface area (Å²) in [6.45, 7) is 1.72. The molecule has 0 bridgehead atoms. The van der Waals surface area contributed by atoms with Crippen molar-refractivity contribution in [2.75, 3.05) is 7.11 Å². The Morgan fingerprint density at radius 1 is 1.38 bits per heavy atom. The predicted molar refractivity (Wildman–Crippen MR) is 98.9 cm³/mol. The minimum atomic E-state index is -0.462. The summed E-state index contributed by atoms with van der Waals surface area (Å²) in [4.78, 5) is 32.5. The maximum absolute atomic E-state index is 12.4. The number of ether oxygens (including phenoxy) is 1. The Balaban J connectivity index is 1.67. The van der Waals surface area contributed by atoms with Crippen molar-refractivity contribution in [3.63, 3.8) is 0 Å². The molecule has 0 unspecified atom stereocenters.